The van der Waals surface area contributed by atoms with Crippen molar-refractivity contribution in [3.63, 3.8) is 0 Å². The van der Waals surface area contributed by atoms with Crippen molar-refractivity contribution in [2.75, 3.05) is 0 Å². The number of benzene rings is 2. The van der Waals surface area contributed by atoms with Crippen LogP contribution in [-0.2, 0) is 6.42 Å². The van der Waals surface area contributed by atoms with Crippen molar-refractivity contribution in [3.05, 3.63) is 69.4 Å². The van der Waals surface area contributed by atoms with Crippen molar-refractivity contribution in [2.45, 2.75) is 19.4 Å². The maximum absolute atomic E-state index is 13.1. The predicted octanol–water partition coefficient (Wildman–Crippen LogP) is 3.64. The van der Waals surface area contributed by atoms with Crippen LogP contribution in [0.15, 0.2) is 46.9 Å². The fraction of sp³-hybridized carbons (Fsp3) is 0.200. The van der Waals surface area contributed by atoms with Gasteiger partial charge in [0.15, 0.2) is 0 Å². The molecule has 4 heteroatoms. The molecule has 0 aliphatic heterocycles. The quantitative estimate of drug-likeness (QED) is 0.666. The first kappa shape index (κ1) is 14.2. The lowest BCUT2D eigenvalue weighted by molar-refractivity contribution is 0.549. The van der Waals surface area contributed by atoms with E-state index >= 15 is 0 Å². The molecule has 0 aromatic heterocycles. The Labute approximate surface area is 120 Å². The SMILES string of the molecule is Cc1cccc(C(Cc2ccc(F)cc2Br)NN)c1. The molecule has 2 rings (SSSR count). The van der Waals surface area contributed by atoms with Gasteiger partial charge in [-0.15, -0.1) is 0 Å². The molecule has 2 aromatic carbocycles. The van der Waals surface area contributed by atoms with Gasteiger partial charge in [0.2, 0.25) is 0 Å². The number of aryl methyl sites for hydroxylation is 1. The summed E-state index contributed by atoms with van der Waals surface area (Å²) in [7, 11) is 0. The van der Waals surface area contributed by atoms with E-state index in [2.05, 4.69) is 27.4 Å². The molecule has 0 bridgehead atoms. The van der Waals surface area contributed by atoms with Gasteiger partial charge in [0.25, 0.3) is 0 Å². The van der Waals surface area contributed by atoms with Crippen LogP contribution in [0.1, 0.15) is 22.7 Å². The van der Waals surface area contributed by atoms with Crippen LogP contribution in [-0.4, -0.2) is 0 Å². The largest absolute Gasteiger partial charge is 0.271 e. The molecule has 100 valence electrons. The normalized spacial score (nSPS) is 12.4. The van der Waals surface area contributed by atoms with Crippen molar-refractivity contribution in [1.29, 1.82) is 0 Å². The second-order valence-corrected chi connectivity index (χ2v) is 5.43. The fourth-order valence-corrected chi connectivity index (χ4v) is 2.58. The summed E-state index contributed by atoms with van der Waals surface area (Å²) < 4.78 is 13.8. The van der Waals surface area contributed by atoms with Crippen LogP contribution in [0.4, 0.5) is 4.39 Å². The first-order chi connectivity index (χ1) is 9.10. The summed E-state index contributed by atoms with van der Waals surface area (Å²) in [6.45, 7) is 2.05. The number of hydrogen-bond donors (Lipinski definition) is 2. The summed E-state index contributed by atoms with van der Waals surface area (Å²) >= 11 is 3.38. The Morgan fingerprint density at radius 3 is 2.68 bits per heavy atom. The second-order valence-electron chi connectivity index (χ2n) is 4.57. The molecule has 0 fully saturated rings. The molecule has 2 aromatic rings. The Bertz CT molecular complexity index is 572. The molecule has 2 nitrogen and oxygen atoms in total. The molecule has 1 unspecified atom stereocenters. The van der Waals surface area contributed by atoms with Crippen LogP contribution in [0.5, 0.6) is 0 Å². The van der Waals surface area contributed by atoms with E-state index in [0.717, 1.165) is 15.6 Å². The van der Waals surface area contributed by atoms with E-state index in [1.807, 2.05) is 25.1 Å². The van der Waals surface area contributed by atoms with Gasteiger partial charge in [-0.05, 0) is 36.6 Å². The molecule has 0 spiro atoms. The third-order valence-corrected chi connectivity index (χ3v) is 3.82. The van der Waals surface area contributed by atoms with Crippen LogP contribution in [0.2, 0.25) is 0 Å². The van der Waals surface area contributed by atoms with E-state index in [1.54, 1.807) is 6.07 Å². The van der Waals surface area contributed by atoms with E-state index < -0.39 is 0 Å². The Hall–Kier alpha value is -1.23. The van der Waals surface area contributed by atoms with Crippen LogP contribution in [0.3, 0.4) is 0 Å². The molecular weight excluding hydrogens is 307 g/mol. The number of rotatable bonds is 4. The monoisotopic (exact) mass is 322 g/mol. The average molecular weight is 323 g/mol. The summed E-state index contributed by atoms with van der Waals surface area (Å²) in [6.07, 6.45) is 0.695. The standard InChI is InChI=1S/C15H16BrFN2/c1-10-3-2-4-12(7-10)15(19-18)8-11-5-6-13(17)9-14(11)16/h2-7,9,15,19H,8,18H2,1H3. The van der Waals surface area contributed by atoms with Crippen LogP contribution >= 0.6 is 15.9 Å². The van der Waals surface area contributed by atoms with E-state index in [-0.39, 0.29) is 11.9 Å². The lowest BCUT2D eigenvalue weighted by Gasteiger charge is -2.18. The molecule has 0 saturated heterocycles. The molecule has 3 N–H and O–H groups in total. The van der Waals surface area contributed by atoms with E-state index in [9.17, 15) is 4.39 Å². The molecule has 19 heavy (non-hydrogen) atoms. The van der Waals surface area contributed by atoms with Crippen LogP contribution in [0.25, 0.3) is 0 Å². The first-order valence-electron chi connectivity index (χ1n) is 6.07. The summed E-state index contributed by atoms with van der Waals surface area (Å²) in [5, 5.41) is 0. The minimum atomic E-state index is -0.247. The summed E-state index contributed by atoms with van der Waals surface area (Å²) in [6, 6.07) is 12.9. The van der Waals surface area contributed by atoms with Gasteiger partial charge in [0.1, 0.15) is 5.82 Å². The second kappa shape index (κ2) is 6.28. The molecule has 1 atom stereocenters. The van der Waals surface area contributed by atoms with Crippen molar-refractivity contribution >= 4 is 15.9 Å². The minimum absolute atomic E-state index is 0.00154. The van der Waals surface area contributed by atoms with Crippen molar-refractivity contribution < 1.29 is 4.39 Å². The Kier molecular flexibility index (Phi) is 4.69. The lowest BCUT2D eigenvalue weighted by atomic mass is 9.98. The third kappa shape index (κ3) is 3.62. The maximum atomic E-state index is 13.1. The maximum Gasteiger partial charge on any atom is 0.124 e. The van der Waals surface area contributed by atoms with Crippen LogP contribution < -0.4 is 11.3 Å². The molecule has 0 heterocycles. The number of hydrazine groups is 1. The summed E-state index contributed by atoms with van der Waals surface area (Å²) in [4.78, 5) is 0. The highest BCUT2D eigenvalue weighted by atomic mass is 79.9. The molecule has 0 aliphatic carbocycles. The summed E-state index contributed by atoms with van der Waals surface area (Å²) in [5.74, 6) is 5.40. The summed E-state index contributed by atoms with van der Waals surface area (Å²) in [5.41, 5.74) is 6.16. The van der Waals surface area contributed by atoms with E-state index in [1.165, 1.54) is 17.7 Å². The Morgan fingerprint density at radius 1 is 1.26 bits per heavy atom. The Morgan fingerprint density at radius 2 is 2.05 bits per heavy atom. The highest BCUT2D eigenvalue weighted by molar-refractivity contribution is 9.10. The van der Waals surface area contributed by atoms with Gasteiger partial charge in [-0.3, -0.25) is 11.3 Å². The van der Waals surface area contributed by atoms with E-state index in [0.29, 0.717) is 6.42 Å². The third-order valence-electron chi connectivity index (χ3n) is 3.08. The Balaban J connectivity index is 2.24. The van der Waals surface area contributed by atoms with Crippen molar-refractivity contribution in [3.8, 4) is 0 Å². The zero-order valence-electron chi connectivity index (χ0n) is 10.7. The van der Waals surface area contributed by atoms with Gasteiger partial charge in [-0.1, -0.05) is 51.8 Å². The molecule has 0 aliphatic rings. The lowest BCUT2D eigenvalue weighted by Crippen LogP contribution is -2.29. The van der Waals surface area contributed by atoms with Gasteiger partial charge in [-0.2, -0.15) is 0 Å². The fourth-order valence-electron chi connectivity index (χ4n) is 2.07. The zero-order valence-corrected chi connectivity index (χ0v) is 12.2. The average Bonchev–Trinajstić information content (AvgIpc) is 2.38. The highest BCUT2D eigenvalue weighted by Gasteiger charge is 2.12. The minimum Gasteiger partial charge on any atom is -0.271 e. The van der Waals surface area contributed by atoms with Gasteiger partial charge >= 0.3 is 0 Å². The molecule has 0 saturated carbocycles. The van der Waals surface area contributed by atoms with Crippen molar-refractivity contribution in [2.24, 2.45) is 5.84 Å². The van der Waals surface area contributed by atoms with Gasteiger partial charge in [-0.25, -0.2) is 4.39 Å². The highest BCUT2D eigenvalue weighted by Crippen LogP contribution is 2.24. The van der Waals surface area contributed by atoms with Gasteiger partial charge in [0, 0.05) is 4.47 Å². The number of halogens is 2. The number of nitrogens with one attached hydrogen (secondary N) is 1. The van der Waals surface area contributed by atoms with E-state index in [4.69, 9.17) is 5.84 Å². The molecule has 0 amide bonds. The van der Waals surface area contributed by atoms with Gasteiger partial charge < -0.3 is 0 Å². The number of nitrogens with two attached hydrogens (primary N) is 1. The molecule has 0 radical (unpaired) electrons. The van der Waals surface area contributed by atoms with Crippen LogP contribution in [0, 0.1) is 12.7 Å². The number of hydrogen-bond acceptors (Lipinski definition) is 2. The topological polar surface area (TPSA) is 38.0 Å². The first-order valence-corrected chi connectivity index (χ1v) is 6.86. The van der Waals surface area contributed by atoms with Gasteiger partial charge in [0.05, 0.1) is 6.04 Å². The van der Waals surface area contributed by atoms with Crippen molar-refractivity contribution in [1.82, 2.24) is 5.43 Å². The smallest absolute Gasteiger partial charge is 0.124 e. The zero-order chi connectivity index (χ0) is 13.8. The molecular formula is C15H16BrFN2. The predicted molar refractivity (Wildman–Crippen MR) is 79.0 cm³/mol.